The maximum absolute atomic E-state index is 15.7. The van der Waals surface area contributed by atoms with Crippen LogP contribution in [-0.4, -0.2) is 39.4 Å². The number of urea groups is 1. The first-order chi connectivity index (χ1) is 16.0. The molecule has 0 radical (unpaired) electrons. The summed E-state index contributed by atoms with van der Waals surface area (Å²) in [5.74, 6) is -0.336. The Morgan fingerprint density at radius 1 is 1.24 bits per heavy atom. The van der Waals surface area contributed by atoms with Crippen LogP contribution < -0.4 is 15.8 Å². The highest BCUT2D eigenvalue weighted by atomic mass is 19.1. The molecular formula is C23H21FN6O3. The van der Waals surface area contributed by atoms with Gasteiger partial charge in [0.05, 0.1) is 19.8 Å². The minimum Gasteiger partial charge on any atom is -0.494 e. The lowest BCUT2D eigenvalue weighted by Gasteiger charge is -2.24. The van der Waals surface area contributed by atoms with Gasteiger partial charge < -0.3 is 15.8 Å². The first-order valence-electron chi connectivity index (χ1n) is 10.3. The summed E-state index contributed by atoms with van der Waals surface area (Å²) in [4.78, 5) is 22.7. The molecule has 168 valence electrons. The molecule has 0 spiro atoms. The van der Waals surface area contributed by atoms with Crippen LogP contribution in [0.2, 0.25) is 0 Å². The largest absolute Gasteiger partial charge is 0.494 e. The third-order valence-corrected chi connectivity index (χ3v) is 5.51. The molecule has 0 saturated carbocycles. The van der Waals surface area contributed by atoms with Gasteiger partial charge in [-0.1, -0.05) is 30.3 Å². The summed E-state index contributed by atoms with van der Waals surface area (Å²) in [6.07, 6.45) is 2.27. The number of benzene rings is 2. The lowest BCUT2D eigenvalue weighted by Crippen LogP contribution is -2.34. The van der Waals surface area contributed by atoms with Gasteiger partial charge in [0, 0.05) is 18.2 Å². The van der Waals surface area contributed by atoms with Crippen molar-refractivity contribution in [2.75, 3.05) is 24.8 Å². The molecular weight excluding hydrogens is 427 g/mol. The first-order valence-corrected chi connectivity index (χ1v) is 10.3. The number of nitrogens with two attached hydrogens (primary N) is 1. The minimum absolute atomic E-state index is 0.0804. The van der Waals surface area contributed by atoms with E-state index in [1.807, 2.05) is 30.3 Å². The Hall–Kier alpha value is -4.18. The summed E-state index contributed by atoms with van der Waals surface area (Å²) in [5.41, 5.74) is 7.78. The Bertz CT molecular complexity index is 1330. The number of nitrogens with one attached hydrogen (secondary N) is 1. The number of fused-ring (bicyclic) bond motifs is 1. The fraction of sp³-hybridized carbons (Fsp3) is 0.174. The number of hydrogen-bond acceptors (Lipinski definition) is 6. The molecule has 1 aliphatic heterocycles. The van der Waals surface area contributed by atoms with Crippen molar-refractivity contribution >= 4 is 23.3 Å². The van der Waals surface area contributed by atoms with Gasteiger partial charge in [0.15, 0.2) is 11.5 Å². The number of pyridine rings is 1. The average molecular weight is 448 g/mol. The summed E-state index contributed by atoms with van der Waals surface area (Å²) in [6, 6.07) is 15.2. The van der Waals surface area contributed by atoms with E-state index in [9.17, 15) is 4.79 Å². The highest BCUT2D eigenvalue weighted by Crippen LogP contribution is 2.37. The highest BCUT2D eigenvalue weighted by Gasteiger charge is 2.33. The minimum atomic E-state index is -0.644. The van der Waals surface area contributed by atoms with Crippen molar-refractivity contribution in [1.82, 2.24) is 19.7 Å². The second kappa shape index (κ2) is 8.40. The molecule has 3 heterocycles. The Morgan fingerprint density at radius 2 is 2.06 bits per heavy atom. The van der Waals surface area contributed by atoms with Crippen LogP contribution in [-0.2, 0) is 4.84 Å². The second-order valence-corrected chi connectivity index (χ2v) is 7.50. The van der Waals surface area contributed by atoms with Crippen molar-refractivity contribution in [2.24, 2.45) is 0 Å². The Morgan fingerprint density at radius 3 is 2.85 bits per heavy atom. The summed E-state index contributed by atoms with van der Waals surface area (Å²) >= 11 is 0. The van der Waals surface area contributed by atoms with Crippen LogP contribution in [0.1, 0.15) is 18.0 Å². The molecule has 2 amide bonds. The van der Waals surface area contributed by atoms with Crippen molar-refractivity contribution in [1.29, 1.82) is 0 Å². The van der Waals surface area contributed by atoms with E-state index in [-0.39, 0.29) is 29.0 Å². The summed E-state index contributed by atoms with van der Waals surface area (Å²) < 4.78 is 22.5. The van der Waals surface area contributed by atoms with Crippen molar-refractivity contribution in [2.45, 2.75) is 12.5 Å². The number of carbonyl (C=O) groups excluding carboxylic acids is 1. The predicted molar refractivity (Wildman–Crippen MR) is 120 cm³/mol. The topological polar surface area (TPSA) is 107 Å². The van der Waals surface area contributed by atoms with E-state index in [2.05, 4.69) is 15.4 Å². The third-order valence-electron chi connectivity index (χ3n) is 5.51. The van der Waals surface area contributed by atoms with Gasteiger partial charge in [-0.15, -0.1) is 5.10 Å². The quantitative estimate of drug-likeness (QED) is 0.488. The van der Waals surface area contributed by atoms with Crippen molar-refractivity contribution in [3.8, 4) is 16.9 Å². The molecule has 1 unspecified atom stereocenters. The molecule has 5 rings (SSSR count). The molecule has 1 atom stereocenters. The highest BCUT2D eigenvalue weighted by molar-refractivity contribution is 5.92. The number of hydroxylamine groups is 2. The van der Waals surface area contributed by atoms with Crippen molar-refractivity contribution in [3.63, 3.8) is 0 Å². The monoisotopic (exact) mass is 448 g/mol. The third kappa shape index (κ3) is 3.80. The van der Waals surface area contributed by atoms with Crippen LogP contribution in [0.3, 0.4) is 0 Å². The van der Waals surface area contributed by atoms with Crippen LogP contribution in [0, 0.1) is 5.82 Å². The summed E-state index contributed by atoms with van der Waals surface area (Å²) in [5, 5.41) is 7.90. The van der Waals surface area contributed by atoms with Gasteiger partial charge in [0.2, 0.25) is 5.95 Å². The number of halogens is 1. The number of amides is 2. The number of nitrogen functional groups attached to an aromatic ring is 1. The molecule has 10 heteroatoms. The van der Waals surface area contributed by atoms with E-state index in [0.29, 0.717) is 24.2 Å². The summed E-state index contributed by atoms with van der Waals surface area (Å²) in [6.45, 7) is 0.383. The average Bonchev–Trinajstić information content (AvgIpc) is 3.46. The predicted octanol–water partition coefficient (Wildman–Crippen LogP) is 4.04. The van der Waals surface area contributed by atoms with Crippen LogP contribution in [0.4, 0.5) is 20.8 Å². The van der Waals surface area contributed by atoms with E-state index in [1.165, 1.54) is 16.7 Å². The molecule has 1 saturated heterocycles. The SMILES string of the molecule is COc1ccc(-c2ccn3nc(N)nc3c2)c(F)c1NC(=O)N1OCCC1c1ccccc1. The molecule has 0 aliphatic carbocycles. The van der Waals surface area contributed by atoms with E-state index in [4.69, 9.17) is 15.3 Å². The number of nitrogens with zero attached hydrogens (tertiary/aromatic N) is 4. The number of rotatable bonds is 4. The molecule has 4 aromatic rings. The van der Waals surface area contributed by atoms with Gasteiger partial charge in [0.1, 0.15) is 11.4 Å². The molecule has 1 fully saturated rings. The lowest BCUT2D eigenvalue weighted by atomic mass is 10.0. The van der Waals surface area contributed by atoms with Crippen LogP contribution in [0.15, 0.2) is 60.8 Å². The zero-order chi connectivity index (χ0) is 22.9. The fourth-order valence-electron chi connectivity index (χ4n) is 3.94. The smallest absolute Gasteiger partial charge is 0.346 e. The van der Waals surface area contributed by atoms with Gasteiger partial charge in [-0.05, 0) is 35.4 Å². The molecule has 3 N–H and O–H groups in total. The number of methoxy groups -OCH3 is 1. The van der Waals surface area contributed by atoms with Crippen LogP contribution >= 0.6 is 0 Å². The number of anilines is 2. The van der Waals surface area contributed by atoms with Gasteiger partial charge in [-0.25, -0.2) is 13.7 Å². The van der Waals surface area contributed by atoms with Gasteiger partial charge in [0.25, 0.3) is 0 Å². The normalized spacial score (nSPS) is 15.7. The van der Waals surface area contributed by atoms with Crippen molar-refractivity contribution in [3.05, 3.63) is 72.2 Å². The maximum Gasteiger partial charge on any atom is 0.346 e. The van der Waals surface area contributed by atoms with E-state index >= 15 is 4.39 Å². The number of hydrogen-bond donors (Lipinski definition) is 2. The Balaban J connectivity index is 1.47. The number of aromatic nitrogens is 3. The number of ether oxygens (including phenoxy) is 1. The zero-order valence-corrected chi connectivity index (χ0v) is 17.7. The van der Waals surface area contributed by atoms with Crippen LogP contribution in [0.25, 0.3) is 16.8 Å². The van der Waals surface area contributed by atoms with Crippen LogP contribution in [0.5, 0.6) is 5.75 Å². The fourth-order valence-corrected chi connectivity index (χ4v) is 3.94. The van der Waals surface area contributed by atoms with Gasteiger partial charge in [-0.3, -0.25) is 4.84 Å². The molecule has 2 aromatic heterocycles. The molecule has 9 nitrogen and oxygen atoms in total. The van der Waals surface area contributed by atoms with E-state index < -0.39 is 11.8 Å². The molecule has 0 bridgehead atoms. The Kier molecular flexibility index (Phi) is 5.27. The molecule has 1 aliphatic rings. The zero-order valence-electron chi connectivity index (χ0n) is 17.7. The van der Waals surface area contributed by atoms with Crippen molar-refractivity contribution < 1.29 is 18.8 Å². The van der Waals surface area contributed by atoms with Gasteiger partial charge in [-0.2, -0.15) is 10.0 Å². The maximum atomic E-state index is 15.7. The Labute approximate surface area is 188 Å². The van der Waals surface area contributed by atoms with E-state index in [0.717, 1.165) is 5.56 Å². The van der Waals surface area contributed by atoms with Gasteiger partial charge >= 0.3 is 6.03 Å². The molecule has 2 aromatic carbocycles. The number of carbonyl (C=O) groups is 1. The standard InChI is InChI=1S/C23H21FN6O3/c1-32-18-8-7-16(15-9-11-29-19(13-15)26-22(25)28-29)20(24)21(18)27-23(31)30-17(10-12-33-30)14-5-3-2-4-6-14/h2-9,11,13,17H,10,12H2,1H3,(H2,25,28)(H,27,31). The first kappa shape index (κ1) is 20.7. The molecule has 33 heavy (non-hydrogen) atoms. The van der Waals surface area contributed by atoms with E-state index in [1.54, 1.807) is 30.5 Å². The lowest BCUT2D eigenvalue weighted by molar-refractivity contribution is -0.0830. The second-order valence-electron chi connectivity index (χ2n) is 7.50. The summed E-state index contributed by atoms with van der Waals surface area (Å²) in [7, 11) is 1.41.